The number of nitrogens with zero attached hydrogens (tertiary/aromatic N) is 1. The lowest BCUT2D eigenvalue weighted by atomic mass is 9.98. The third-order valence-electron chi connectivity index (χ3n) is 4.99. The first-order chi connectivity index (χ1) is 14.2. The van der Waals surface area contributed by atoms with Crippen LogP contribution in [-0.2, 0) is 4.74 Å². The number of hydrogen-bond donors (Lipinski definition) is 1. The lowest BCUT2D eigenvalue weighted by Crippen LogP contribution is -2.26. The SMILES string of the molecule is O=C(NCCC=Cc1ncccc1Cl)OCC1c2ccccc2-c2ccccc21. The molecule has 0 fully saturated rings. The average Bonchev–Trinajstić information content (AvgIpc) is 3.07. The van der Waals surface area contributed by atoms with Crippen molar-refractivity contribution in [2.45, 2.75) is 12.3 Å². The van der Waals surface area contributed by atoms with Crippen LogP contribution in [0.3, 0.4) is 0 Å². The molecule has 29 heavy (non-hydrogen) atoms. The van der Waals surface area contributed by atoms with E-state index in [4.69, 9.17) is 16.3 Å². The zero-order chi connectivity index (χ0) is 20.1. The molecule has 0 unspecified atom stereocenters. The molecular formula is C24H21ClN2O2. The van der Waals surface area contributed by atoms with Gasteiger partial charge in [-0.15, -0.1) is 0 Å². The van der Waals surface area contributed by atoms with Crippen LogP contribution in [0.4, 0.5) is 4.79 Å². The van der Waals surface area contributed by atoms with Crippen LogP contribution in [0.15, 0.2) is 72.9 Å². The van der Waals surface area contributed by atoms with Crippen LogP contribution in [0, 0.1) is 0 Å². The Morgan fingerprint density at radius 3 is 2.41 bits per heavy atom. The van der Waals surface area contributed by atoms with Crippen molar-refractivity contribution < 1.29 is 9.53 Å². The standard InChI is InChI=1S/C24H21ClN2O2/c25-22-12-7-15-26-23(22)13-5-6-14-27-24(28)29-16-21-19-10-3-1-8-17(19)18-9-2-4-11-20(18)21/h1-5,7-13,15,21H,6,14,16H2,(H,27,28). The monoisotopic (exact) mass is 404 g/mol. The van der Waals surface area contributed by atoms with E-state index in [0.29, 0.717) is 24.6 Å². The van der Waals surface area contributed by atoms with Crippen molar-refractivity contribution in [3.63, 3.8) is 0 Å². The highest BCUT2D eigenvalue weighted by Crippen LogP contribution is 2.44. The first-order valence-electron chi connectivity index (χ1n) is 9.60. The van der Waals surface area contributed by atoms with Crippen molar-refractivity contribution in [1.29, 1.82) is 0 Å². The van der Waals surface area contributed by atoms with E-state index in [0.717, 1.165) is 5.69 Å². The minimum absolute atomic E-state index is 0.0688. The summed E-state index contributed by atoms with van der Waals surface area (Å²) < 4.78 is 5.52. The van der Waals surface area contributed by atoms with Gasteiger partial charge >= 0.3 is 6.09 Å². The number of pyridine rings is 1. The molecule has 0 saturated heterocycles. The van der Waals surface area contributed by atoms with Gasteiger partial charge in [-0.2, -0.15) is 0 Å². The van der Waals surface area contributed by atoms with Crippen molar-refractivity contribution in [2.75, 3.05) is 13.2 Å². The zero-order valence-corrected chi connectivity index (χ0v) is 16.6. The number of carbonyl (C=O) groups is 1. The number of ether oxygens (including phenoxy) is 1. The molecule has 2 aromatic carbocycles. The molecule has 5 heteroatoms. The van der Waals surface area contributed by atoms with Gasteiger partial charge in [0.1, 0.15) is 6.61 Å². The van der Waals surface area contributed by atoms with Crippen LogP contribution < -0.4 is 5.32 Å². The summed E-state index contributed by atoms with van der Waals surface area (Å²) in [6, 6.07) is 20.2. The number of carbonyl (C=O) groups excluding carboxylic acids is 1. The van der Waals surface area contributed by atoms with E-state index in [-0.39, 0.29) is 5.92 Å². The molecule has 3 aromatic rings. The molecule has 1 amide bonds. The fraction of sp³-hybridized carbons (Fsp3) is 0.167. The van der Waals surface area contributed by atoms with Crippen LogP contribution >= 0.6 is 11.6 Å². The molecule has 0 radical (unpaired) electrons. The van der Waals surface area contributed by atoms with Gasteiger partial charge in [-0.05, 0) is 46.9 Å². The molecule has 0 saturated carbocycles. The van der Waals surface area contributed by atoms with E-state index in [1.54, 1.807) is 18.3 Å². The summed E-state index contributed by atoms with van der Waals surface area (Å²) in [7, 11) is 0. The van der Waals surface area contributed by atoms with E-state index in [1.807, 2.05) is 36.4 Å². The van der Waals surface area contributed by atoms with Crippen molar-refractivity contribution in [3.05, 3.63) is 94.8 Å². The summed E-state index contributed by atoms with van der Waals surface area (Å²) >= 11 is 6.06. The Morgan fingerprint density at radius 1 is 1.03 bits per heavy atom. The Morgan fingerprint density at radius 2 is 1.72 bits per heavy atom. The third-order valence-corrected chi connectivity index (χ3v) is 5.31. The summed E-state index contributed by atoms with van der Waals surface area (Å²) in [5.74, 6) is 0.0688. The summed E-state index contributed by atoms with van der Waals surface area (Å²) in [5, 5.41) is 3.39. The predicted molar refractivity (Wildman–Crippen MR) is 116 cm³/mol. The highest BCUT2D eigenvalue weighted by atomic mass is 35.5. The molecule has 4 nitrogen and oxygen atoms in total. The minimum Gasteiger partial charge on any atom is -0.449 e. The van der Waals surface area contributed by atoms with Crippen LogP contribution in [-0.4, -0.2) is 24.2 Å². The molecule has 0 spiro atoms. The Balaban J connectivity index is 1.29. The van der Waals surface area contributed by atoms with Gasteiger partial charge in [0.25, 0.3) is 0 Å². The number of hydrogen-bond acceptors (Lipinski definition) is 3. The fourth-order valence-corrected chi connectivity index (χ4v) is 3.81. The first kappa shape index (κ1) is 19.2. The molecule has 1 heterocycles. The van der Waals surface area contributed by atoms with Gasteiger partial charge < -0.3 is 10.1 Å². The summed E-state index contributed by atoms with van der Waals surface area (Å²) in [5.41, 5.74) is 5.56. The van der Waals surface area contributed by atoms with Crippen LogP contribution in [0.25, 0.3) is 17.2 Å². The number of rotatable bonds is 6. The van der Waals surface area contributed by atoms with Crippen LogP contribution in [0.5, 0.6) is 0 Å². The lowest BCUT2D eigenvalue weighted by Gasteiger charge is -2.14. The van der Waals surface area contributed by atoms with E-state index in [1.165, 1.54) is 22.3 Å². The molecular weight excluding hydrogens is 384 g/mol. The number of aromatic nitrogens is 1. The van der Waals surface area contributed by atoms with Crippen molar-refractivity contribution in [2.24, 2.45) is 0 Å². The Hall–Kier alpha value is -3.11. The molecule has 1 aromatic heterocycles. The molecule has 0 atom stereocenters. The van der Waals surface area contributed by atoms with Gasteiger partial charge in [0, 0.05) is 18.7 Å². The first-order valence-corrected chi connectivity index (χ1v) is 9.98. The second kappa shape index (κ2) is 8.93. The number of halogens is 1. The second-order valence-electron chi connectivity index (χ2n) is 6.81. The van der Waals surface area contributed by atoms with E-state index in [2.05, 4.69) is 34.6 Å². The van der Waals surface area contributed by atoms with Gasteiger partial charge in [-0.25, -0.2) is 4.79 Å². The highest BCUT2D eigenvalue weighted by Gasteiger charge is 2.28. The second-order valence-corrected chi connectivity index (χ2v) is 7.22. The third kappa shape index (κ3) is 4.33. The number of nitrogens with one attached hydrogen (secondary N) is 1. The fourth-order valence-electron chi connectivity index (χ4n) is 3.62. The Bertz CT molecular complexity index is 1000. The molecule has 0 bridgehead atoms. The van der Waals surface area contributed by atoms with Crippen molar-refractivity contribution in [3.8, 4) is 11.1 Å². The Kier molecular flexibility index (Phi) is 5.92. The van der Waals surface area contributed by atoms with E-state index in [9.17, 15) is 4.79 Å². The van der Waals surface area contributed by atoms with Gasteiger partial charge in [0.2, 0.25) is 0 Å². The van der Waals surface area contributed by atoms with Crippen molar-refractivity contribution in [1.82, 2.24) is 10.3 Å². The normalized spacial score (nSPS) is 12.6. The van der Waals surface area contributed by atoms with E-state index < -0.39 is 6.09 Å². The van der Waals surface area contributed by atoms with Gasteiger partial charge in [-0.3, -0.25) is 4.98 Å². The molecule has 1 aliphatic carbocycles. The highest BCUT2D eigenvalue weighted by molar-refractivity contribution is 6.31. The molecule has 0 aliphatic heterocycles. The smallest absolute Gasteiger partial charge is 0.407 e. The zero-order valence-electron chi connectivity index (χ0n) is 15.8. The van der Waals surface area contributed by atoms with Crippen LogP contribution in [0.2, 0.25) is 5.02 Å². The maximum atomic E-state index is 12.1. The van der Waals surface area contributed by atoms with Crippen LogP contribution in [0.1, 0.15) is 29.2 Å². The summed E-state index contributed by atoms with van der Waals surface area (Å²) in [6.45, 7) is 0.802. The maximum Gasteiger partial charge on any atom is 0.407 e. The number of benzene rings is 2. The van der Waals surface area contributed by atoms with Gasteiger partial charge in [-0.1, -0.05) is 66.2 Å². The Labute approximate surface area is 175 Å². The number of alkyl carbamates (subject to hydrolysis) is 1. The van der Waals surface area contributed by atoms with Gasteiger partial charge in [0.15, 0.2) is 0 Å². The molecule has 4 rings (SSSR count). The lowest BCUT2D eigenvalue weighted by molar-refractivity contribution is 0.143. The van der Waals surface area contributed by atoms with Crippen molar-refractivity contribution >= 4 is 23.8 Å². The number of fused-ring (bicyclic) bond motifs is 3. The average molecular weight is 405 g/mol. The molecule has 146 valence electrons. The molecule has 1 aliphatic rings. The van der Waals surface area contributed by atoms with E-state index >= 15 is 0 Å². The summed E-state index contributed by atoms with van der Waals surface area (Å²) in [4.78, 5) is 16.3. The maximum absolute atomic E-state index is 12.1. The summed E-state index contributed by atoms with van der Waals surface area (Å²) in [6.07, 6.45) is 5.73. The molecule has 1 N–H and O–H groups in total. The quantitative estimate of drug-likeness (QED) is 0.538. The number of amides is 1. The predicted octanol–water partition coefficient (Wildman–Crippen LogP) is 5.68. The van der Waals surface area contributed by atoms with Gasteiger partial charge in [0.05, 0.1) is 10.7 Å². The minimum atomic E-state index is -0.406. The topological polar surface area (TPSA) is 51.2 Å². The largest absolute Gasteiger partial charge is 0.449 e.